The molecule has 2 aliphatic rings. The minimum atomic E-state index is -0.234. The van der Waals surface area contributed by atoms with E-state index >= 15 is 0 Å². The van der Waals surface area contributed by atoms with Crippen molar-refractivity contribution in [1.82, 2.24) is 19.2 Å². The molecule has 8 nitrogen and oxygen atoms in total. The van der Waals surface area contributed by atoms with Gasteiger partial charge in [0.15, 0.2) is 0 Å². The molecule has 10 heteroatoms. The zero-order chi connectivity index (χ0) is 25.8. The third-order valence-corrected chi connectivity index (χ3v) is 7.91. The molecule has 1 aromatic carbocycles. The fourth-order valence-corrected chi connectivity index (χ4v) is 5.93. The number of carbonyl (C=O) groups excluding carboxylic acids is 1. The van der Waals surface area contributed by atoms with Crippen molar-refractivity contribution in [2.24, 2.45) is 0 Å². The fourth-order valence-electron chi connectivity index (χ4n) is 4.53. The van der Waals surface area contributed by atoms with Crippen LogP contribution in [0, 0.1) is 0 Å². The molecule has 1 atom stereocenters. The molecule has 2 aromatic heterocycles. The van der Waals surface area contributed by atoms with Crippen LogP contribution >= 0.6 is 24.0 Å². The number of nitrogens with zero attached hydrogens (tertiary/aromatic N) is 4. The largest absolute Gasteiger partial charge is 0.379 e. The van der Waals surface area contributed by atoms with Crippen LogP contribution in [0.1, 0.15) is 30.5 Å². The summed E-state index contributed by atoms with van der Waals surface area (Å²) in [6, 6.07) is 15.0. The predicted molar refractivity (Wildman–Crippen MR) is 152 cm³/mol. The van der Waals surface area contributed by atoms with Gasteiger partial charge < -0.3 is 10.1 Å². The molecule has 0 bridgehead atoms. The number of morpholine rings is 1. The molecule has 37 heavy (non-hydrogen) atoms. The van der Waals surface area contributed by atoms with Crippen molar-refractivity contribution in [3.8, 4) is 0 Å². The Hall–Kier alpha value is -3.05. The lowest BCUT2D eigenvalue weighted by atomic mass is 10.1. The highest BCUT2D eigenvalue weighted by Gasteiger charge is 2.36. The van der Waals surface area contributed by atoms with Gasteiger partial charge in [0.1, 0.15) is 15.8 Å². The van der Waals surface area contributed by atoms with E-state index < -0.39 is 0 Å². The summed E-state index contributed by atoms with van der Waals surface area (Å²) in [4.78, 5) is 36.0. The Bertz CT molecular complexity index is 1390. The number of thiocarbonyl (C=S) groups is 1. The minimum absolute atomic E-state index is 0.206. The maximum absolute atomic E-state index is 13.5. The van der Waals surface area contributed by atoms with Gasteiger partial charge in [0.2, 0.25) is 0 Å². The summed E-state index contributed by atoms with van der Waals surface area (Å²) in [6.45, 7) is 6.95. The van der Waals surface area contributed by atoms with Gasteiger partial charge in [-0.2, -0.15) is 0 Å². The van der Waals surface area contributed by atoms with Crippen LogP contribution in [-0.4, -0.2) is 68.8 Å². The highest BCUT2D eigenvalue weighted by Crippen LogP contribution is 2.38. The van der Waals surface area contributed by atoms with Gasteiger partial charge in [0.25, 0.3) is 11.5 Å². The lowest BCUT2D eigenvalue weighted by Gasteiger charge is -2.26. The molecule has 2 aliphatic heterocycles. The summed E-state index contributed by atoms with van der Waals surface area (Å²) in [5.41, 5.74) is 1.66. The molecule has 2 saturated heterocycles. The Morgan fingerprint density at radius 2 is 1.89 bits per heavy atom. The molecular formula is C27H29N5O3S2. The summed E-state index contributed by atoms with van der Waals surface area (Å²) < 4.78 is 7.39. The van der Waals surface area contributed by atoms with Crippen LogP contribution < -0.4 is 10.9 Å². The van der Waals surface area contributed by atoms with Gasteiger partial charge in [-0.1, -0.05) is 60.4 Å². The number of pyridine rings is 1. The number of amides is 1. The summed E-state index contributed by atoms with van der Waals surface area (Å²) in [7, 11) is 0. The summed E-state index contributed by atoms with van der Waals surface area (Å²) in [5, 5.41) is 3.35. The molecule has 4 heterocycles. The Kier molecular flexibility index (Phi) is 7.99. The first-order valence-electron chi connectivity index (χ1n) is 12.4. The molecule has 0 radical (unpaired) electrons. The van der Waals surface area contributed by atoms with Gasteiger partial charge in [-0.3, -0.25) is 23.8 Å². The normalized spacial score (nSPS) is 18.6. The molecule has 1 amide bonds. The van der Waals surface area contributed by atoms with Crippen LogP contribution in [0.5, 0.6) is 0 Å². The predicted octanol–water partition coefficient (Wildman–Crippen LogP) is 3.79. The highest BCUT2D eigenvalue weighted by atomic mass is 32.2. The molecule has 5 rings (SSSR count). The SMILES string of the molecule is CC(c1ccccc1)N1C(=O)/C(=C/c2c(NCCCN3CCOCC3)nc3ccccn3c2=O)SC1=S. The van der Waals surface area contributed by atoms with E-state index in [0.29, 0.717) is 32.8 Å². The second-order valence-electron chi connectivity index (χ2n) is 8.98. The van der Waals surface area contributed by atoms with Crippen LogP contribution in [-0.2, 0) is 9.53 Å². The molecule has 2 fully saturated rings. The van der Waals surface area contributed by atoms with E-state index in [4.69, 9.17) is 21.9 Å². The molecule has 0 aliphatic carbocycles. The number of fused-ring (bicyclic) bond motifs is 1. The van der Waals surface area contributed by atoms with Crippen molar-refractivity contribution < 1.29 is 9.53 Å². The van der Waals surface area contributed by atoms with Gasteiger partial charge >= 0.3 is 0 Å². The van der Waals surface area contributed by atoms with E-state index in [-0.39, 0.29) is 17.5 Å². The van der Waals surface area contributed by atoms with E-state index in [1.807, 2.05) is 43.3 Å². The maximum Gasteiger partial charge on any atom is 0.267 e. The van der Waals surface area contributed by atoms with E-state index in [9.17, 15) is 9.59 Å². The zero-order valence-electron chi connectivity index (χ0n) is 20.6. The first-order valence-corrected chi connectivity index (χ1v) is 13.6. The minimum Gasteiger partial charge on any atom is -0.379 e. The Morgan fingerprint density at radius 1 is 1.14 bits per heavy atom. The first kappa shape index (κ1) is 25.6. The second-order valence-corrected chi connectivity index (χ2v) is 10.7. The molecule has 192 valence electrons. The zero-order valence-corrected chi connectivity index (χ0v) is 22.3. The molecule has 1 N–H and O–H groups in total. The quantitative estimate of drug-likeness (QED) is 0.265. The number of anilines is 1. The first-order chi connectivity index (χ1) is 18.0. The standard InChI is InChI=1S/C27H29N5O3S2/c1-19(20-8-3-2-4-9-20)32-26(34)22(37-27(32)36)18-21-24(28-11-7-12-30-14-16-35-17-15-30)29-23-10-5-6-13-31(23)25(21)33/h2-6,8-10,13,18-19,28H,7,11-12,14-17H2,1H3/b22-18-. The Labute approximate surface area is 225 Å². The van der Waals surface area contributed by atoms with Crippen LogP contribution in [0.2, 0.25) is 0 Å². The Balaban J connectivity index is 1.41. The lowest BCUT2D eigenvalue weighted by Crippen LogP contribution is -2.37. The number of rotatable bonds is 8. The average Bonchev–Trinajstić information content (AvgIpc) is 3.21. The van der Waals surface area contributed by atoms with Crippen molar-refractivity contribution >= 4 is 51.7 Å². The topological polar surface area (TPSA) is 79.2 Å². The highest BCUT2D eigenvalue weighted by molar-refractivity contribution is 8.26. The number of hydrogen-bond donors (Lipinski definition) is 1. The van der Waals surface area contributed by atoms with Crippen molar-refractivity contribution in [3.05, 3.63) is 81.1 Å². The summed E-state index contributed by atoms with van der Waals surface area (Å²) >= 11 is 6.79. The number of thioether (sulfide) groups is 1. The molecule has 3 aromatic rings. The van der Waals surface area contributed by atoms with Gasteiger partial charge in [0.05, 0.1) is 29.7 Å². The monoisotopic (exact) mass is 535 g/mol. The van der Waals surface area contributed by atoms with Crippen LogP contribution in [0.4, 0.5) is 5.82 Å². The van der Waals surface area contributed by atoms with Crippen LogP contribution in [0.15, 0.2) is 64.4 Å². The molecule has 0 saturated carbocycles. The van der Waals surface area contributed by atoms with Gasteiger partial charge in [-0.15, -0.1) is 0 Å². The summed E-state index contributed by atoms with van der Waals surface area (Å²) in [6.07, 6.45) is 4.22. The van der Waals surface area contributed by atoms with Crippen molar-refractivity contribution in [2.75, 3.05) is 44.7 Å². The van der Waals surface area contributed by atoms with Gasteiger partial charge in [0, 0.05) is 25.8 Å². The van der Waals surface area contributed by atoms with E-state index in [1.165, 1.54) is 16.2 Å². The van der Waals surface area contributed by atoms with Crippen LogP contribution in [0.25, 0.3) is 11.7 Å². The maximum atomic E-state index is 13.5. The van der Waals surface area contributed by atoms with Gasteiger partial charge in [-0.05, 0) is 43.7 Å². The fraction of sp³-hybridized carbons (Fsp3) is 0.333. The van der Waals surface area contributed by atoms with Crippen LogP contribution in [0.3, 0.4) is 0 Å². The smallest absolute Gasteiger partial charge is 0.267 e. The van der Waals surface area contributed by atoms with E-state index in [2.05, 4.69) is 10.2 Å². The lowest BCUT2D eigenvalue weighted by molar-refractivity contribution is -0.123. The number of ether oxygens (including phenoxy) is 1. The number of benzene rings is 1. The average molecular weight is 536 g/mol. The number of aromatic nitrogens is 2. The summed E-state index contributed by atoms with van der Waals surface area (Å²) in [5.74, 6) is 0.265. The van der Waals surface area contributed by atoms with E-state index in [1.54, 1.807) is 29.3 Å². The Morgan fingerprint density at radius 3 is 2.68 bits per heavy atom. The molecule has 1 unspecified atom stereocenters. The molecular weight excluding hydrogens is 506 g/mol. The third-order valence-electron chi connectivity index (χ3n) is 6.58. The van der Waals surface area contributed by atoms with Crippen molar-refractivity contribution in [2.45, 2.75) is 19.4 Å². The van der Waals surface area contributed by atoms with Gasteiger partial charge in [-0.25, -0.2) is 4.98 Å². The second kappa shape index (κ2) is 11.6. The van der Waals surface area contributed by atoms with E-state index in [0.717, 1.165) is 44.8 Å². The number of hydrogen-bond acceptors (Lipinski definition) is 8. The van der Waals surface area contributed by atoms with Crippen molar-refractivity contribution in [3.63, 3.8) is 0 Å². The number of nitrogens with one attached hydrogen (secondary N) is 1. The van der Waals surface area contributed by atoms with Crippen molar-refractivity contribution in [1.29, 1.82) is 0 Å². The third kappa shape index (κ3) is 5.62. The molecule has 0 spiro atoms. The number of carbonyl (C=O) groups is 1.